The van der Waals surface area contributed by atoms with Crippen molar-refractivity contribution < 1.29 is 9.53 Å². The third-order valence-electron chi connectivity index (χ3n) is 5.49. The number of benzene rings is 1. The highest BCUT2D eigenvalue weighted by molar-refractivity contribution is 5.79. The fraction of sp³-hybridized carbons (Fsp3) is 0.333. The second-order valence-electron chi connectivity index (χ2n) is 7.94. The van der Waals surface area contributed by atoms with E-state index in [4.69, 9.17) is 4.74 Å². The smallest absolute Gasteiger partial charge is 0.225 e. The number of hydrogen-bond acceptors (Lipinski definition) is 6. The summed E-state index contributed by atoms with van der Waals surface area (Å²) in [7, 11) is 0. The Hall–Kier alpha value is -3.48. The molecule has 1 aliphatic heterocycles. The highest BCUT2D eigenvalue weighted by Crippen LogP contribution is 2.25. The highest BCUT2D eigenvalue weighted by atomic mass is 16.5. The number of pyridine rings is 1. The van der Waals surface area contributed by atoms with Crippen molar-refractivity contribution in [3.63, 3.8) is 0 Å². The lowest BCUT2D eigenvalue weighted by Gasteiger charge is -2.32. The van der Waals surface area contributed by atoms with Crippen molar-refractivity contribution in [2.45, 2.75) is 33.2 Å². The first kappa shape index (κ1) is 20.8. The van der Waals surface area contributed by atoms with Gasteiger partial charge in [0.1, 0.15) is 11.6 Å². The number of rotatable bonds is 6. The minimum absolute atomic E-state index is 0.0595. The van der Waals surface area contributed by atoms with Gasteiger partial charge < -0.3 is 15.0 Å². The fourth-order valence-electron chi connectivity index (χ4n) is 3.69. The number of ether oxygens (including phenoxy) is 1. The standard InChI is InChI=1S/C24H27N5O2/c1-17-5-6-18(2)21(12-17)31-23-8-7-19(13-27-23)14-28-24(30)20-4-3-11-29(16-20)22-15-25-9-10-26-22/h5-10,12-13,15,20H,3-4,11,14,16H2,1-2H3,(H,28,30)/t20-/m1/s1. The summed E-state index contributed by atoms with van der Waals surface area (Å²) in [5.74, 6) is 2.16. The zero-order valence-electron chi connectivity index (χ0n) is 17.9. The van der Waals surface area contributed by atoms with Crippen LogP contribution in [0.1, 0.15) is 29.5 Å². The molecule has 31 heavy (non-hydrogen) atoms. The van der Waals surface area contributed by atoms with Crippen LogP contribution in [-0.2, 0) is 11.3 Å². The lowest BCUT2D eigenvalue weighted by Crippen LogP contribution is -2.43. The van der Waals surface area contributed by atoms with Crippen LogP contribution in [0.25, 0.3) is 0 Å². The Morgan fingerprint density at radius 1 is 1.16 bits per heavy atom. The second-order valence-corrected chi connectivity index (χ2v) is 7.94. The van der Waals surface area contributed by atoms with Crippen molar-refractivity contribution >= 4 is 11.7 Å². The van der Waals surface area contributed by atoms with Crippen molar-refractivity contribution in [1.82, 2.24) is 20.3 Å². The maximum atomic E-state index is 12.7. The molecule has 1 aliphatic rings. The number of aryl methyl sites for hydroxylation is 2. The van der Waals surface area contributed by atoms with E-state index in [2.05, 4.69) is 31.2 Å². The number of carbonyl (C=O) groups is 1. The number of carbonyl (C=O) groups excluding carboxylic acids is 1. The van der Waals surface area contributed by atoms with E-state index in [1.165, 1.54) is 0 Å². The molecule has 0 bridgehead atoms. The molecule has 1 saturated heterocycles. The Morgan fingerprint density at radius 2 is 2.06 bits per heavy atom. The van der Waals surface area contributed by atoms with E-state index in [0.29, 0.717) is 19.0 Å². The number of nitrogens with one attached hydrogen (secondary N) is 1. The van der Waals surface area contributed by atoms with E-state index in [1.54, 1.807) is 24.8 Å². The molecule has 2 aromatic heterocycles. The molecule has 0 saturated carbocycles. The zero-order chi connectivity index (χ0) is 21.6. The van der Waals surface area contributed by atoms with Gasteiger partial charge in [0.05, 0.1) is 12.1 Å². The van der Waals surface area contributed by atoms with Crippen LogP contribution in [-0.4, -0.2) is 33.9 Å². The van der Waals surface area contributed by atoms with Gasteiger partial charge in [0.2, 0.25) is 11.8 Å². The maximum Gasteiger partial charge on any atom is 0.225 e. The number of hydrogen-bond donors (Lipinski definition) is 1. The van der Waals surface area contributed by atoms with Gasteiger partial charge in [-0.25, -0.2) is 9.97 Å². The molecule has 3 aromatic rings. The van der Waals surface area contributed by atoms with Crippen LogP contribution in [0.4, 0.5) is 5.82 Å². The summed E-state index contributed by atoms with van der Waals surface area (Å²) in [6, 6.07) is 9.85. The molecule has 0 spiro atoms. The van der Waals surface area contributed by atoms with Crippen molar-refractivity contribution in [3.05, 3.63) is 71.8 Å². The summed E-state index contributed by atoms with van der Waals surface area (Å²) in [6.07, 6.45) is 8.66. The SMILES string of the molecule is Cc1ccc(C)c(Oc2ccc(CNC(=O)[C@@H]3CCCN(c4cnccn4)C3)cn2)c1. The van der Waals surface area contributed by atoms with Crippen molar-refractivity contribution in [1.29, 1.82) is 0 Å². The third kappa shape index (κ3) is 5.36. The fourth-order valence-corrected chi connectivity index (χ4v) is 3.69. The molecule has 0 radical (unpaired) electrons. The molecule has 1 atom stereocenters. The van der Waals surface area contributed by atoms with Gasteiger partial charge in [-0.2, -0.15) is 0 Å². The molecule has 160 valence electrons. The lowest BCUT2D eigenvalue weighted by atomic mass is 9.97. The van der Waals surface area contributed by atoms with E-state index in [1.807, 2.05) is 38.1 Å². The highest BCUT2D eigenvalue weighted by Gasteiger charge is 2.26. The van der Waals surface area contributed by atoms with Gasteiger partial charge in [0.25, 0.3) is 0 Å². The van der Waals surface area contributed by atoms with Gasteiger partial charge in [0, 0.05) is 44.3 Å². The summed E-state index contributed by atoms with van der Waals surface area (Å²) >= 11 is 0. The van der Waals surface area contributed by atoms with Crippen molar-refractivity contribution in [2.24, 2.45) is 5.92 Å². The molecule has 7 heteroatoms. The van der Waals surface area contributed by atoms with Gasteiger partial charge in [-0.05, 0) is 49.4 Å². The van der Waals surface area contributed by atoms with Crippen LogP contribution >= 0.6 is 0 Å². The number of aromatic nitrogens is 3. The Kier molecular flexibility index (Phi) is 6.40. The maximum absolute atomic E-state index is 12.7. The largest absolute Gasteiger partial charge is 0.439 e. The van der Waals surface area contributed by atoms with Crippen LogP contribution in [0.3, 0.4) is 0 Å². The van der Waals surface area contributed by atoms with E-state index in [9.17, 15) is 4.79 Å². The van der Waals surface area contributed by atoms with Crippen LogP contribution in [0.15, 0.2) is 55.1 Å². The van der Waals surface area contributed by atoms with Crippen molar-refractivity contribution in [3.8, 4) is 11.6 Å². The Balaban J connectivity index is 1.30. The Morgan fingerprint density at radius 3 is 2.84 bits per heavy atom. The predicted molar refractivity (Wildman–Crippen MR) is 119 cm³/mol. The average molecular weight is 418 g/mol. The summed E-state index contributed by atoms with van der Waals surface area (Å²) in [6.45, 7) is 6.04. The van der Waals surface area contributed by atoms with Crippen molar-refractivity contribution in [2.75, 3.05) is 18.0 Å². The molecule has 1 fully saturated rings. The molecular formula is C24H27N5O2. The normalized spacial score (nSPS) is 16.1. The van der Waals surface area contributed by atoms with Gasteiger partial charge in [-0.1, -0.05) is 18.2 Å². The molecule has 1 aromatic carbocycles. The molecular weight excluding hydrogens is 390 g/mol. The monoisotopic (exact) mass is 417 g/mol. The van der Waals surface area contributed by atoms with Gasteiger partial charge in [0.15, 0.2) is 0 Å². The summed E-state index contributed by atoms with van der Waals surface area (Å²) < 4.78 is 5.90. The Bertz CT molecular complexity index is 1020. The summed E-state index contributed by atoms with van der Waals surface area (Å²) in [5.41, 5.74) is 3.13. The minimum Gasteiger partial charge on any atom is -0.439 e. The number of nitrogens with zero attached hydrogens (tertiary/aromatic N) is 4. The van der Waals surface area contributed by atoms with Gasteiger partial charge in [-0.3, -0.25) is 9.78 Å². The van der Waals surface area contributed by atoms with Crippen LogP contribution in [0.2, 0.25) is 0 Å². The Labute approximate surface area is 182 Å². The molecule has 7 nitrogen and oxygen atoms in total. The van der Waals surface area contributed by atoms with Gasteiger partial charge >= 0.3 is 0 Å². The number of piperidine rings is 1. The number of anilines is 1. The van der Waals surface area contributed by atoms with Crippen LogP contribution < -0.4 is 15.0 Å². The molecule has 3 heterocycles. The molecule has 0 unspecified atom stereocenters. The average Bonchev–Trinajstić information content (AvgIpc) is 2.81. The second kappa shape index (κ2) is 9.55. The first-order valence-corrected chi connectivity index (χ1v) is 10.6. The van der Waals surface area contributed by atoms with E-state index in [0.717, 1.165) is 47.6 Å². The zero-order valence-corrected chi connectivity index (χ0v) is 17.9. The summed E-state index contributed by atoms with van der Waals surface area (Å²) in [5, 5.41) is 3.04. The first-order chi connectivity index (χ1) is 15.1. The minimum atomic E-state index is -0.0596. The molecule has 1 amide bonds. The van der Waals surface area contributed by atoms with Crippen LogP contribution in [0, 0.1) is 19.8 Å². The lowest BCUT2D eigenvalue weighted by molar-refractivity contribution is -0.125. The first-order valence-electron chi connectivity index (χ1n) is 10.6. The van der Waals surface area contributed by atoms with Gasteiger partial charge in [-0.15, -0.1) is 0 Å². The van der Waals surface area contributed by atoms with E-state index < -0.39 is 0 Å². The molecule has 4 rings (SSSR count). The topological polar surface area (TPSA) is 80.2 Å². The quantitative estimate of drug-likeness (QED) is 0.657. The predicted octanol–water partition coefficient (Wildman–Crippen LogP) is 3.81. The van der Waals surface area contributed by atoms with Crippen LogP contribution in [0.5, 0.6) is 11.6 Å². The molecule has 0 aliphatic carbocycles. The molecule has 1 N–H and O–H groups in total. The third-order valence-corrected chi connectivity index (χ3v) is 5.49. The van der Waals surface area contributed by atoms with E-state index in [-0.39, 0.29) is 11.8 Å². The summed E-state index contributed by atoms with van der Waals surface area (Å²) in [4.78, 5) is 27.7. The number of amides is 1. The van der Waals surface area contributed by atoms with E-state index >= 15 is 0 Å².